The molecule has 0 bridgehead atoms. The third-order valence-corrected chi connectivity index (χ3v) is 4.88. The zero-order valence-electron chi connectivity index (χ0n) is 14.9. The van der Waals surface area contributed by atoms with Gasteiger partial charge in [-0.1, -0.05) is 13.8 Å². The maximum atomic E-state index is 13.9. The Kier molecular flexibility index (Phi) is 4.85. The molecule has 1 amide bonds. The molecular weight excluding hydrogens is 333 g/mol. The van der Waals surface area contributed by atoms with Crippen LogP contribution in [0.15, 0.2) is 30.6 Å². The van der Waals surface area contributed by atoms with Crippen molar-refractivity contribution in [1.29, 1.82) is 5.26 Å². The van der Waals surface area contributed by atoms with Crippen molar-refractivity contribution >= 4 is 17.4 Å². The second-order valence-electron chi connectivity index (χ2n) is 6.45. The zero-order chi connectivity index (χ0) is 18.8. The second kappa shape index (κ2) is 7.08. The van der Waals surface area contributed by atoms with Gasteiger partial charge >= 0.3 is 0 Å². The van der Waals surface area contributed by atoms with Crippen LogP contribution in [0.3, 0.4) is 0 Å². The summed E-state index contributed by atoms with van der Waals surface area (Å²) in [5.41, 5.74) is 1.65. The van der Waals surface area contributed by atoms with Crippen LogP contribution in [-0.4, -0.2) is 21.9 Å². The van der Waals surface area contributed by atoms with E-state index >= 15 is 0 Å². The van der Waals surface area contributed by atoms with Crippen molar-refractivity contribution in [3.05, 3.63) is 47.7 Å². The number of benzene rings is 1. The van der Waals surface area contributed by atoms with Crippen molar-refractivity contribution in [1.82, 2.24) is 9.97 Å². The first-order valence-electron chi connectivity index (χ1n) is 8.54. The van der Waals surface area contributed by atoms with Gasteiger partial charge in [0.15, 0.2) is 5.69 Å². The molecule has 1 N–H and O–H groups in total. The fourth-order valence-electron chi connectivity index (χ4n) is 3.70. The number of nitriles is 1. The monoisotopic (exact) mass is 353 g/mol. The molecule has 0 radical (unpaired) electrons. The molecule has 1 aromatic heterocycles. The molecule has 3 rings (SSSR count). The van der Waals surface area contributed by atoms with Crippen molar-refractivity contribution in [2.45, 2.75) is 39.3 Å². The van der Waals surface area contributed by atoms with Gasteiger partial charge in [0.25, 0.3) is 0 Å². The van der Waals surface area contributed by atoms with Crippen LogP contribution < -0.4 is 10.2 Å². The quantitative estimate of drug-likeness (QED) is 0.914. The van der Waals surface area contributed by atoms with E-state index < -0.39 is 0 Å². The van der Waals surface area contributed by atoms with Crippen LogP contribution in [-0.2, 0) is 4.79 Å². The molecule has 26 heavy (non-hydrogen) atoms. The average molecular weight is 353 g/mol. The molecule has 134 valence electrons. The average Bonchev–Trinajstić information content (AvgIpc) is 2.63. The van der Waals surface area contributed by atoms with Crippen molar-refractivity contribution < 1.29 is 9.18 Å². The number of fused-ring (bicyclic) bond motifs is 1. The minimum atomic E-state index is -0.355. The molecule has 1 aliphatic heterocycles. The van der Waals surface area contributed by atoms with Gasteiger partial charge in [-0.25, -0.2) is 14.4 Å². The number of carbonyl (C=O) groups is 1. The van der Waals surface area contributed by atoms with Gasteiger partial charge in [-0.15, -0.1) is 0 Å². The van der Waals surface area contributed by atoms with E-state index in [1.807, 2.05) is 19.9 Å². The molecule has 0 fully saturated rings. The molecule has 0 saturated heterocycles. The third-order valence-electron chi connectivity index (χ3n) is 4.88. The van der Waals surface area contributed by atoms with E-state index in [1.54, 1.807) is 11.0 Å². The molecule has 1 aliphatic rings. The summed E-state index contributed by atoms with van der Waals surface area (Å²) in [7, 11) is 0. The predicted molar refractivity (Wildman–Crippen MR) is 95.9 cm³/mol. The van der Waals surface area contributed by atoms with Crippen LogP contribution in [0, 0.1) is 23.1 Å². The van der Waals surface area contributed by atoms with Crippen LogP contribution in [0.5, 0.6) is 0 Å². The van der Waals surface area contributed by atoms with Gasteiger partial charge in [0.05, 0.1) is 18.4 Å². The highest BCUT2D eigenvalue weighted by molar-refractivity contribution is 5.94. The molecule has 0 spiro atoms. The van der Waals surface area contributed by atoms with Gasteiger partial charge in [-0.3, -0.25) is 4.79 Å². The normalized spacial score (nSPS) is 21.7. The van der Waals surface area contributed by atoms with E-state index in [9.17, 15) is 9.18 Å². The lowest BCUT2D eigenvalue weighted by Crippen LogP contribution is -2.49. The Morgan fingerprint density at radius 2 is 2.15 bits per heavy atom. The highest BCUT2D eigenvalue weighted by atomic mass is 19.1. The van der Waals surface area contributed by atoms with Crippen LogP contribution >= 0.6 is 0 Å². The number of halogens is 1. The molecule has 1 unspecified atom stereocenters. The molecule has 7 heteroatoms. The number of anilines is 2. The predicted octanol–water partition coefficient (Wildman–Crippen LogP) is 3.42. The summed E-state index contributed by atoms with van der Waals surface area (Å²) in [6, 6.07) is 6.16. The van der Waals surface area contributed by atoms with E-state index in [2.05, 4.69) is 15.3 Å². The lowest BCUT2D eigenvalue weighted by Gasteiger charge is -2.45. The molecule has 2 heterocycles. The van der Waals surface area contributed by atoms with E-state index in [0.29, 0.717) is 17.1 Å². The van der Waals surface area contributed by atoms with Crippen molar-refractivity contribution in [2.75, 3.05) is 10.2 Å². The highest BCUT2D eigenvalue weighted by Gasteiger charge is 2.39. The molecule has 3 atom stereocenters. The maximum Gasteiger partial charge on any atom is 0.224 e. The Hall–Kier alpha value is -3.01. The van der Waals surface area contributed by atoms with Crippen LogP contribution in [0.4, 0.5) is 15.9 Å². The van der Waals surface area contributed by atoms with Gasteiger partial charge in [0.1, 0.15) is 17.7 Å². The Morgan fingerprint density at radius 1 is 1.38 bits per heavy atom. The zero-order valence-corrected chi connectivity index (χ0v) is 14.9. The Balaban J connectivity index is 2.05. The highest BCUT2D eigenvalue weighted by Crippen LogP contribution is 2.43. The molecule has 1 aromatic carbocycles. The summed E-state index contributed by atoms with van der Waals surface area (Å²) in [6.45, 7) is 5.60. The van der Waals surface area contributed by atoms with Crippen molar-refractivity contribution in [3.63, 3.8) is 0 Å². The topological polar surface area (TPSA) is 81.9 Å². The standard InChI is InChI=1S/C19H20FN5O/c1-4-16-11(2)19(24-18-10-22-14(8-21)9-23-18)15-7-13(20)5-6-17(15)25(16)12(3)26/h5-7,9-11,16,19H,4H2,1-3H3,(H,23,24)/t11-,16-,19?/m0/s1. The minimum Gasteiger partial charge on any atom is -0.362 e. The minimum absolute atomic E-state index is 0.0192. The van der Waals surface area contributed by atoms with Crippen LogP contribution in [0.1, 0.15) is 44.5 Å². The molecule has 2 aromatic rings. The Bertz CT molecular complexity index is 861. The summed E-state index contributed by atoms with van der Waals surface area (Å²) in [6.07, 6.45) is 3.65. The fraction of sp³-hybridized carbons (Fsp3) is 0.368. The number of nitrogens with one attached hydrogen (secondary N) is 1. The smallest absolute Gasteiger partial charge is 0.224 e. The number of nitrogens with zero attached hydrogens (tertiary/aromatic N) is 4. The van der Waals surface area contributed by atoms with Gasteiger partial charge in [-0.2, -0.15) is 5.26 Å². The van der Waals surface area contributed by atoms with Gasteiger partial charge in [-0.05, 0) is 24.6 Å². The Morgan fingerprint density at radius 3 is 2.73 bits per heavy atom. The first-order chi connectivity index (χ1) is 12.5. The van der Waals surface area contributed by atoms with Crippen LogP contribution in [0.2, 0.25) is 0 Å². The summed E-state index contributed by atoms with van der Waals surface area (Å²) >= 11 is 0. The number of amides is 1. The van der Waals surface area contributed by atoms with Gasteiger partial charge in [0.2, 0.25) is 5.91 Å². The first-order valence-corrected chi connectivity index (χ1v) is 8.54. The number of carbonyl (C=O) groups excluding carboxylic acids is 1. The summed E-state index contributed by atoms with van der Waals surface area (Å²) in [5.74, 6) is 0.109. The Labute approximate surface area is 151 Å². The fourth-order valence-corrected chi connectivity index (χ4v) is 3.70. The van der Waals surface area contributed by atoms with Crippen molar-refractivity contribution in [2.24, 2.45) is 5.92 Å². The van der Waals surface area contributed by atoms with Crippen molar-refractivity contribution in [3.8, 4) is 6.07 Å². The summed E-state index contributed by atoms with van der Waals surface area (Å²) in [5, 5.41) is 12.1. The van der Waals surface area contributed by atoms with Gasteiger partial charge in [0, 0.05) is 30.1 Å². The summed E-state index contributed by atoms with van der Waals surface area (Å²) < 4.78 is 13.9. The lowest BCUT2D eigenvalue weighted by atomic mass is 9.81. The third kappa shape index (κ3) is 3.10. The second-order valence-corrected chi connectivity index (χ2v) is 6.45. The molecule has 0 aliphatic carbocycles. The van der Waals surface area contributed by atoms with E-state index in [0.717, 1.165) is 6.42 Å². The number of hydrogen-bond acceptors (Lipinski definition) is 5. The SMILES string of the molecule is CC[C@H]1[C@H](C)C(Nc2cnc(C#N)cn2)c2cc(F)ccc2N1C(C)=O. The van der Waals surface area contributed by atoms with E-state index in [-0.39, 0.29) is 35.4 Å². The largest absolute Gasteiger partial charge is 0.362 e. The molecular formula is C19H20FN5O. The van der Waals surface area contributed by atoms with E-state index in [1.165, 1.54) is 31.5 Å². The number of rotatable bonds is 3. The first kappa shape index (κ1) is 17.8. The molecule has 6 nitrogen and oxygen atoms in total. The molecule has 0 saturated carbocycles. The number of aromatic nitrogens is 2. The number of hydrogen-bond donors (Lipinski definition) is 1. The summed E-state index contributed by atoms with van der Waals surface area (Å²) in [4.78, 5) is 22.2. The van der Waals surface area contributed by atoms with Crippen LogP contribution in [0.25, 0.3) is 0 Å². The van der Waals surface area contributed by atoms with Gasteiger partial charge < -0.3 is 10.2 Å². The lowest BCUT2D eigenvalue weighted by molar-refractivity contribution is -0.117. The van der Waals surface area contributed by atoms with E-state index in [4.69, 9.17) is 5.26 Å². The maximum absolute atomic E-state index is 13.9.